The third kappa shape index (κ3) is 3.48. The van der Waals surface area contributed by atoms with Crippen molar-refractivity contribution in [2.45, 2.75) is 94.8 Å². The van der Waals surface area contributed by atoms with Gasteiger partial charge in [-0.25, -0.2) is 4.98 Å². The van der Waals surface area contributed by atoms with Gasteiger partial charge in [0, 0.05) is 24.2 Å². The maximum Gasteiger partial charge on any atom is 0.314 e. The van der Waals surface area contributed by atoms with Crippen LogP contribution in [0, 0.1) is 0 Å². The molecule has 1 unspecified atom stereocenters. The normalized spacial score (nSPS) is 28.9. The average molecular weight is 396 g/mol. The van der Waals surface area contributed by atoms with E-state index in [9.17, 15) is 4.79 Å². The molecule has 2 bridgehead atoms. The van der Waals surface area contributed by atoms with E-state index in [4.69, 9.17) is 4.74 Å². The summed E-state index contributed by atoms with van der Waals surface area (Å²) in [6, 6.07) is 10.2. The molecule has 1 aromatic carbocycles. The van der Waals surface area contributed by atoms with Crippen LogP contribution in [0.25, 0.3) is 11.0 Å². The smallest absolute Gasteiger partial charge is 0.314 e. The van der Waals surface area contributed by atoms with E-state index in [1.54, 1.807) is 7.11 Å². The van der Waals surface area contributed by atoms with E-state index in [1.807, 2.05) is 28.8 Å². The molecule has 0 amide bonds. The third-order valence-electron chi connectivity index (χ3n) is 7.58. The molecule has 0 spiro atoms. The lowest BCUT2D eigenvalue weighted by molar-refractivity contribution is 0.0496. The van der Waals surface area contributed by atoms with E-state index in [0.717, 1.165) is 29.9 Å². The minimum Gasteiger partial charge on any atom is -0.477 e. The highest BCUT2D eigenvalue weighted by atomic mass is 16.5. The van der Waals surface area contributed by atoms with Gasteiger partial charge in [-0.3, -0.25) is 14.3 Å². The Morgan fingerprint density at radius 3 is 2.21 bits per heavy atom. The van der Waals surface area contributed by atoms with Crippen molar-refractivity contribution >= 4 is 11.0 Å². The second-order valence-electron chi connectivity index (χ2n) is 9.24. The lowest BCUT2D eigenvalue weighted by Crippen LogP contribution is -2.50. The predicted molar refractivity (Wildman–Crippen MR) is 116 cm³/mol. The molecule has 3 aliphatic rings. The molecule has 2 aliphatic heterocycles. The minimum atomic E-state index is -0.0741. The van der Waals surface area contributed by atoms with Gasteiger partial charge in [0.05, 0.1) is 18.1 Å². The first kappa shape index (κ1) is 19.1. The molecule has 2 saturated heterocycles. The van der Waals surface area contributed by atoms with Crippen LogP contribution in [0.3, 0.4) is 0 Å². The average Bonchev–Trinajstić information content (AvgIpc) is 2.97. The predicted octanol–water partition coefficient (Wildman–Crippen LogP) is 4.69. The van der Waals surface area contributed by atoms with E-state index >= 15 is 0 Å². The molecule has 5 rings (SSSR count). The summed E-state index contributed by atoms with van der Waals surface area (Å²) in [6.45, 7) is 0. The van der Waals surface area contributed by atoms with Crippen LogP contribution in [0.4, 0.5) is 0 Å². The third-order valence-corrected chi connectivity index (χ3v) is 7.58. The fourth-order valence-electron chi connectivity index (χ4n) is 6.35. The zero-order valence-electron chi connectivity index (χ0n) is 17.6. The van der Waals surface area contributed by atoms with E-state index in [-0.39, 0.29) is 17.5 Å². The first-order valence-corrected chi connectivity index (χ1v) is 11.6. The number of fused-ring (bicyclic) bond motifs is 3. The molecule has 5 heteroatoms. The SMILES string of the molecule is COc1nc2ccccc2n(C2C[C@H]3CC[C@@H](C2)N3C2CCCCCCC2)c1=O. The zero-order valence-corrected chi connectivity index (χ0v) is 17.6. The molecule has 3 atom stereocenters. The molecule has 1 saturated carbocycles. The van der Waals surface area contributed by atoms with Crippen molar-refractivity contribution in [3.63, 3.8) is 0 Å². The molecule has 156 valence electrons. The van der Waals surface area contributed by atoms with Crippen molar-refractivity contribution in [3.05, 3.63) is 34.6 Å². The first-order valence-electron chi connectivity index (χ1n) is 11.6. The van der Waals surface area contributed by atoms with Crippen molar-refractivity contribution in [3.8, 4) is 5.88 Å². The first-order chi connectivity index (χ1) is 14.3. The Kier molecular flexibility index (Phi) is 5.33. The van der Waals surface area contributed by atoms with Gasteiger partial charge in [0.25, 0.3) is 5.88 Å². The van der Waals surface area contributed by atoms with Crippen molar-refractivity contribution < 1.29 is 4.74 Å². The quantitative estimate of drug-likeness (QED) is 0.757. The molecule has 5 nitrogen and oxygen atoms in total. The van der Waals surface area contributed by atoms with Crippen molar-refractivity contribution in [2.75, 3.05) is 7.11 Å². The highest BCUT2D eigenvalue weighted by Crippen LogP contribution is 2.44. The Bertz CT molecular complexity index is 902. The fraction of sp³-hybridized carbons (Fsp3) is 0.667. The van der Waals surface area contributed by atoms with E-state index in [0.29, 0.717) is 12.1 Å². The number of hydrogen-bond acceptors (Lipinski definition) is 4. The molecule has 1 aromatic heterocycles. The number of rotatable bonds is 3. The van der Waals surface area contributed by atoms with Crippen molar-refractivity contribution in [1.82, 2.24) is 14.5 Å². The van der Waals surface area contributed by atoms with Crippen molar-refractivity contribution in [1.29, 1.82) is 0 Å². The van der Waals surface area contributed by atoms with Crippen LogP contribution in [0.1, 0.15) is 76.7 Å². The lowest BCUT2D eigenvalue weighted by Gasteiger charge is -2.45. The van der Waals surface area contributed by atoms with Crippen LogP contribution < -0.4 is 10.3 Å². The summed E-state index contributed by atoms with van der Waals surface area (Å²) in [5, 5.41) is 0. The van der Waals surface area contributed by atoms with E-state index in [2.05, 4.69) is 9.88 Å². The Morgan fingerprint density at radius 2 is 1.52 bits per heavy atom. The molecular formula is C24H33N3O2. The molecule has 0 N–H and O–H groups in total. The maximum atomic E-state index is 13.2. The van der Waals surface area contributed by atoms with Gasteiger partial charge in [-0.15, -0.1) is 0 Å². The van der Waals surface area contributed by atoms with Gasteiger partial charge in [0.15, 0.2) is 0 Å². The molecule has 29 heavy (non-hydrogen) atoms. The number of para-hydroxylation sites is 2. The summed E-state index contributed by atoms with van der Waals surface area (Å²) in [5.74, 6) is 0.221. The summed E-state index contributed by atoms with van der Waals surface area (Å²) >= 11 is 0. The number of hydrogen-bond donors (Lipinski definition) is 0. The van der Waals surface area contributed by atoms with Crippen LogP contribution in [0.15, 0.2) is 29.1 Å². The minimum absolute atomic E-state index is 0.0741. The monoisotopic (exact) mass is 395 g/mol. The molecule has 0 radical (unpaired) electrons. The summed E-state index contributed by atoms with van der Waals surface area (Å²) in [5.41, 5.74) is 1.72. The number of methoxy groups -OCH3 is 1. The summed E-state index contributed by atoms with van der Waals surface area (Å²) in [6.07, 6.45) is 14.4. The molecule has 3 fully saturated rings. The lowest BCUT2D eigenvalue weighted by atomic mass is 9.89. The zero-order chi connectivity index (χ0) is 19.8. The molecule has 1 aliphatic carbocycles. The fourth-order valence-corrected chi connectivity index (χ4v) is 6.35. The maximum absolute atomic E-state index is 13.2. The molecule has 2 aromatic rings. The number of aromatic nitrogens is 2. The second kappa shape index (κ2) is 8.10. The van der Waals surface area contributed by atoms with Gasteiger partial charge < -0.3 is 4.74 Å². The van der Waals surface area contributed by atoms with Crippen LogP contribution in [0.5, 0.6) is 5.88 Å². The summed E-state index contributed by atoms with van der Waals surface area (Å²) < 4.78 is 7.34. The Labute approximate surface area is 173 Å². The largest absolute Gasteiger partial charge is 0.477 e. The number of benzene rings is 1. The topological polar surface area (TPSA) is 47.4 Å². The second-order valence-corrected chi connectivity index (χ2v) is 9.24. The Hall–Kier alpha value is -1.88. The van der Waals surface area contributed by atoms with Crippen LogP contribution in [0.2, 0.25) is 0 Å². The van der Waals surface area contributed by atoms with Crippen LogP contribution in [-0.4, -0.2) is 39.7 Å². The molecule has 3 heterocycles. The number of nitrogens with zero attached hydrogens (tertiary/aromatic N) is 3. The highest BCUT2D eigenvalue weighted by molar-refractivity contribution is 5.75. The van der Waals surface area contributed by atoms with Crippen LogP contribution >= 0.6 is 0 Å². The van der Waals surface area contributed by atoms with Gasteiger partial charge in [0.2, 0.25) is 0 Å². The van der Waals surface area contributed by atoms with Gasteiger partial charge in [-0.1, -0.05) is 44.2 Å². The van der Waals surface area contributed by atoms with E-state index in [1.165, 1.54) is 57.8 Å². The number of piperidine rings is 1. The van der Waals surface area contributed by atoms with Gasteiger partial charge in [-0.05, 0) is 50.7 Å². The summed E-state index contributed by atoms with van der Waals surface area (Å²) in [7, 11) is 1.55. The Morgan fingerprint density at radius 1 is 0.862 bits per heavy atom. The van der Waals surface area contributed by atoms with Crippen molar-refractivity contribution in [2.24, 2.45) is 0 Å². The molecular weight excluding hydrogens is 362 g/mol. The van der Waals surface area contributed by atoms with E-state index < -0.39 is 0 Å². The van der Waals surface area contributed by atoms with Gasteiger partial charge in [-0.2, -0.15) is 0 Å². The van der Waals surface area contributed by atoms with Gasteiger partial charge in [0.1, 0.15) is 0 Å². The van der Waals surface area contributed by atoms with Crippen LogP contribution in [-0.2, 0) is 0 Å². The Balaban J connectivity index is 1.46. The standard InChI is InChI=1S/C24H33N3O2/c1-29-23-24(28)27(22-12-8-7-11-21(22)25-23)20-15-18-13-14-19(16-20)26(18)17-9-5-3-2-4-6-10-17/h7-8,11-12,17-20H,2-6,9-10,13-16H2,1H3/t18-,19+,20?. The van der Waals surface area contributed by atoms with Gasteiger partial charge >= 0.3 is 5.56 Å². The highest BCUT2D eigenvalue weighted by Gasteiger charge is 2.44. The number of ether oxygens (including phenoxy) is 1. The summed E-state index contributed by atoms with van der Waals surface area (Å²) in [4.78, 5) is 20.5.